The molecule has 202 valence electrons. The summed E-state index contributed by atoms with van der Waals surface area (Å²) in [5, 5.41) is 1.13. The molecule has 2 aromatic carbocycles. The van der Waals surface area contributed by atoms with E-state index in [1.165, 1.54) is 31.1 Å². The van der Waals surface area contributed by atoms with Crippen molar-refractivity contribution in [3.8, 4) is 11.3 Å². The number of benzene rings is 2. The summed E-state index contributed by atoms with van der Waals surface area (Å²) in [4.78, 5) is 33.4. The number of piperazine rings is 1. The zero-order valence-corrected chi connectivity index (χ0v) is 23.0. The van der Waals surface area contributed by atoms with Gasteiger partial charge >= 0.3 is 6.09 Å². The molecule has 0 aliphatic carbocycles. The van der Waals surface area contributed by atoms with Crippen LogP contribution in [0.3, 0.4) is 0 Å². The van der Waals surface area contributed by atoms with Crippen LogP contribution in [-0.2, 0) is 14.8 Å². The third-order valence-corrected chi connectivity index (χ3v) is 8.45. The quantitative estimate of drug-likeness (QED) is 0.490. The molecule has 1 aromatic heterocycles. The van der Waals surface area contributed by atoms with Crippen LogP contribution in [0.25, 0.3) is 22.2 Å². The van der Waals surface area contributed by atoms with Crippen LogP contribution in [0.1, 0.15) is 23.7 Å². The molecular formula is C26H30ClN5O5S. The number of hydrogen-bond donors (Lipinski definition) is 1. The first kappa shape index (κ1) is 27.8. The molecular weight excluding hydrogens is 530 g/mol. The monoisotopic (exact) mass is 559 g/mol. The van der Waals surface area contributed by atoms with E-state index < -0.39 is 22.3 Å². The molecule has 4 rings (SSSR count). The maximum Gasteiger partial charge on any atom is 0.411 e. The Morgan fingerprint density at radius 1 is 1.13 bits per heavy atom. The summed E-state index contributed by atoms with van der Waals surface area (Å²) >= 11 is 6.54. The number of ether oxygens (including phenoxy) is 1. The lowest BCUT2D eigenvalue weighted by molar-refractivity contribution is 0.0390. The van der Waals surface area contributed by atoms with Gasteiger partial charge in [-0.25, -0.2) is 22.5 Å². The van der Waals surface area contributed by atoms with Crippen molar-refractivity contribution in [3.63, 3.8) is 0 Å². The number of fused-ring (bicyclic) bond motifs is 1. The van der Waals surface area contributed by atoms with Crippen molar-refractivity contribution < 1.29 is 22.7 Å². The Morgan fingerprint density at radius 3 is 2.47 bits per heavy atom. The van der Waals surface area contributed by atoms with Crippen molar-refractivity contribution in [1.82, 2.24) is 19.1 Å². The number of halogens is 1. The maximum atomic E-state index is 13.3. The van der Waals surface area contributed by atoms with Gasteiger partial charge < -0.3 is 15.4 Å². The third kappa shape index (κ3) is 5.60. The predicted octanol–water partition coefficient (Wildman–Crippen LogP) is 3.39. The fourth-order valence-corrected chi connectivity index (χ4v) is 5.32. The molecule has 1 saturated heterocycles. The average molecular weight is 560 g/mol. The summed E-state index contributed by atoms with van der Waals surface area (Å²) in [5.74, 6) is -0.231. The van der Waals surface area contributed by atoms with Gasteiger partial charge in [-0.05, 0) is 36.8 Å². The van der Waals surface area contributed by atoms with E-state index in [1.54, 1.807) is 41.3 Å². The van der Waals surface area contributed by atoms with Crippen LogP contribution in [0.5, 0.6) is 0 Å². The summed E-state index contributed by atoms with van der Waals surface area (Å²) < 4.78 is 31.1. The van der Waals surface area contributed by atoms with Crippen LogP contribution < -0.4 is 5.73 Å². The van der Waals surface area contributed by atoms with E-state index in [1.807, 2.05) is 6.92 Å². The number of carbonyl (C=O) groups excluding carboxylic acids is 2. The van der Waals surface area contributed by atoms with Gasteiger partial charge in [-0.1, -0.05) is 36.7 Å². The highest BCUT2D eigenvalue weighted by molar-refractivity contribution is 7.89. The zero-order valence-electron chi connectivity index (χ0n) is 21.4. The van der Waals surface area contributed by atoms with Gasteiger partial charge in [0.25, 0.3) is 5.91 Å². The molecule has 0 spiro atoms. The number of nitrogens with zero attached hydrogens (tertiary/aromatic N) is 4. The Hall–Kier alpha value is -3.25. The Kier molecular flexibility index (Phi) is 8.22. The lowest BCUT2D eigenvalue weighted by Crippen LogP contribution is -2.60. The van der Waals surface area contributed by atoms with Crippen LogP contribution in [0.4, 0.5) is 4.79 Å². The second-order valence-corrected chi connectivity index (χ2v) is 11.7. The number of aromatic nitrogens is 1. The average Bonchev–Trinajstić information content (AvgIpc) is 2.90. The van der Waals surface area contributed by atoms with Crippen molar-refractivity contribution in [2.24, 2.45) is 5.73 Å². The normalized spacial score (nSPS) is 16.2. The number of sulfonamides is 1. The van der Waals surface area contributed by atoms with Crippen molar-refractivity contribution in [3.05, 3.63) is 59.1 Å². The minimum Gasteiger partial charge on any atom is -0.449 e. The van der Waals surface area contributed by atoms with Crippen molar-refractivity contribution in [1.29, 1.82) is 0 Å². The summed E-state index contributed by atoms with van der Waals surface area (Å²) in [7, 11) is -0.606. The molecule has 12 heteroatoms. The highest BCUT2D eigenvalue weighted by Crippen LogP contribution is 2.30. The number of amides is 2. The second-order valence-electron chi connectivity index (χ2n) is 9.16. The Balaban J connectivity index is 1.56. The molecule has 0 saturated carbocycles. The molecule has 2 N–H and O–H groups in total. The molecule has 1 aliphatic rings. The summed E-state index contributed by atoms with van der Waals surface area (Å²) in [6.45, 7) is 3.00. The van der Waals surface area contributed by atoms with E-state index in [2.05, 4.69) is 0 Å². The first-order chi connectivity index (χ1) is 18.0. The van der Waals surface area contributed by atoms with Gasteiger partial charge in [-0.15, -0.1) is 0 Å². The first-order valence-corrected chi connectivity index (χ1v) is 14.0. The number of carbonyl (C=O) groups is 2. The van der Waals surface area contributed by atoms with Gasteiger partial charge in [0.15, 0.2) is 0 Å². The molecule has 0 radical (unpaired) electrons. The van der Waals surface area contributed by atoms with Gasteiger partial charge in [0, 0.05) is 43.7 Å². The minimum atomic E-state index is -3.55. The standard InChI is InChI=1S/C26H30ClN5O5S/c1-4-13-37-26(34)32-12-11-31(16-24(32)28)25(33)18-7-10-20-21(27)15-22(29-23(20)14-18)17-5-8-19(9-6-17)38(35,36)30(2)3/h5-10,14-15,24H,4,11-13,16,28H2,1-3H3/t24-/m0/s1. The van der Waals surface area contributed by atoms with Gasteiger partial charge in [0.1, 0.15) is 6.17 Å². The lowest BCUT2D eigenvalue weighted by atomic mass is 10.1. The van der Waals surface area contributed by atoms with E-state index >= 15 is 0 Å². The predicted molar refractivity (Wildman–Crippen MR) is 145 cm³/mol. The molecule has 1 aliphatic heterocycles. The van der Waals surface area contributed by atoms with Crippen LogP contribution >= 0.6 is 11.6 Å². The van der Waals surface area contributed by atoms with Gasteiger partial charge in [0.2, 0.25) is 10.0 Å². The topological polar surface area (TPSA) is 126 Å². The summed E-state index contributed by atoms with van der Waals surface area (Å²) in [5.41, 5.74) is 8.33. The van der Waals surface area contributed by atoms with Gasteiger partial charge in [-0.2, -0.15) is 0 Å². The van der Waals surface area contributed by atoms with Crippen LogP contribution in [-0.4, -0.2) is 86.0 Å². The van der Waals surface area contributed by atoms with Crippen molar-refractivity contribution in [2.75, 3.05) is 40.3 Å². The number of rotatable bonds is 6. The third-order valence-electron chi connectivity index (χ3n) is 6.30. The molecule has 38 heavy (non-hydrogen) atoms. The number of nitrogens with two attached hydrogens (primary N) is 1. The van der Waals surface area contributed by atoms with Gasteiger partial charge in [-0.3, -0.25) is 9.69 Å². The highest BCUT2D eigenvalue weighted by Gasteiger charge is 2.31. The first-order valence-electron chi connectivity index (χ1n) is 12.1. The molecule has 10 nitrogen and oxygen atoms in total. The van der Waals surface area contributed by atoms with Crippen LogP contribution in [0, 0.1) is 0 Å². The van der Waals surface area contributed by atoms with E-state index in [4.69, 9.17) is 27.1 Å². The SMILES string of the molecule is CCCOC(=O)N1CCN(C(=O)c2ccc3c(Cl)cc(-c4ccc(S(=O)(=O)N(C)C)cc4)nc3c2)C[C@H]1N. The Morgan fingerprint density at radius 2 is 1.84 bits per heavy atom. The Labute approximate surface area is 227 Å². The van der Waals surface area contributed by atoms with E-state index in [0.717, 1.165) is 4.31 Å². The highest BCUT2D eigenvalue weighted by atomic mass is 35.5. The van der Waals surface area contributed by atoms with E-state index in [-0.39, 0.29) is 23.9 Å². The molecule has 0 unspecified atom stereocenters. The smallest absolute Gasteiger partial charge is 0.411 e. The van der Waals surface area contributed by atoms with Crippen molar-refractivity contribution >= 4 is 44.5 Å². The summed E-state index contributed by atoms with van der Waals surface area (Å²) in [6, 6.07) is 13.2. The second kappa shape index (κ2) is 11.2. The van der Waals surface area contributed by atoms with E-state index in [0.29, 0.717) is 52.3 Å². The van der Waals surface area contributed by atoms with Crippen LogP contribution in [0.2, 0.25) is 5.02 Å². The largest absolute Gasteiger partial charge is 0.449 e. The minimum absolute atomic E-state index is 0.169. The van der Waals surface area contributed by atoms with Crippen LogP contribution in [0.15, 0.2) is 53.4 Å². The Bertz CT molecular complexity index is 1460. The molecule has 1 atom stereocenters. The molecule has 0 bridgehead atoms. The zero-order chi connectivity index (χ0) is 27.6. The number of pyridine rings is 1. The van der Waals surface area contributed by atoms with E-state index in [9.17, 15) is 18.0 Å². The van der Waals surface area contributed by atoms with Gasteiger partial charge in [0.05, 0.1) is 34.3 Å². The van der Waals surface area contributed by atoms with Crippen molar-refractivity contribution in [2.45, 2.75) is 24.4 Å². The number of hydrogen-bond acceptors (Lipinski definition) is 7. The lowest BCUT2D eigenvalue weighted by Gasteiger charge is -2.38. The molecule has 3 aromatic rings. The molecule has 1 fully saturated rings. The molecule has 2 heterocycles. The maximum absolute atomic E-state index is 13.3. The molecule has 2 amide bonds. The fourth-order valence-electron chi connectivity index (χ4n) is 4.15. The summed E-state index contributed by atoms with van der Waals surface area (Å²) in [6.07, 6.45) is -0.433. The fraction of sp³-hybridized carbons (Fsp3) is 0.346.